The number of aryl methyl sites for hydroxylation is 3. The van der Waals surface area contributed by atoms with Gasteiger partial charge in [0, 0.05) is 22.3 Å². The summed E-state index contributed by atoms with van der Waals surface area (Å²) < 4.78 is 2.20. The number of alkyl halides is 1. The highest BCUT2D eigenvalue weighted by Gasteiger charge is 2.13. The molecule has 2 heterocycles. The predicted octanol–water partition coefficient (Wildman–Crippen LogP) is 6.20. The Labute approximate surface area is 155 Å². The Bertz CT molecular complexity index is 856. The lowest BCUT2D eigenvalue weighted by atomic mass is 9.96. The van der Waals surface area contributed by atoms with Crippen LogP contribution in [0.5, 0.6) is 0 Å². The fourth-order valence-corrected chi connectivity index (χ4v) is 3.31. The average molecular weight is 353 g/mol. The third kappa shape index (κ3) is 3.64. The highest BCUT2D eigenvalue weighted by Crippen LogP contribution is 2.27. The lowest BCUT2D eigenvalue weighted by molar-refractivity contribution is 0.742. The summed E-state index contributed by atoms with van der Waals surface area (Å²) in [5, 5.41) is 0.120. The molecule has 0 aliphatic rings. The standard InChI is InChI=1S/C22H25ClN2/c1-14-12-21(20-10-8-19(9-11-20)17(4)18(5)23)24-22(13-14)25-15(2)6-7-16(25)3/h6-13,17-18H,1-5H3. The highest BCUT2D eigenvalue weighted by atomic mass is 35.5. The van der Waals surface area contributed by atoms with Crippen molar-refractivity contribution < 1.29 is 0 Å². The molecule has 130 valence electrons. The maximum atomic E-state index is 6.23. The second-order valence-corrected chi connectivity index (χ2v) is 7.62. The normalized spacial score (nSPS) is 13.7. The quantitative estimate of drug-likeness (QED) is 0.511. The van der Waals surface area contributed by atoms with Crippen molar-refractivity contribution in [1.82, 2.24) is 9.55 Å². The molecule has 0 N–H and O–H groups in total. The Morgan fingerprint density at radius 3 is 2.04 bits per heavy atom. The number of aromatic nitrogens is 2. The van der Waals surface area contributed by atoms with E-state index in [1.807, 2.05) is 6.92 Å². The van der Waals surface area contributed by atoms with Crippen LogP contribution in [-0.4, -0.2) is 14.9 Å². The fraction of sp³-hybridized carbons (Fsp3) is 0.318. The van der Waals surface area contributed by atoms with E-state index in [1.54, 1.807) is 0 Å². The molecule has 3 heteroatoms. The maximum Gasteiger partial charge on any atom is 0.137 e. The Balaban J connectivity index is 2.01. The molecule has 0 aliphatic carbocycles. The number of hydrogen-bond acceptors (Lipinski definition) is 1. The van der Waals surface area contributed by atoms with Crippen molar-refractivity contribution in [2.24, 2.45) is 0 Å². The molecule has 2 nitrogen and oxygen atoms in total. The van der Waals surface area contributed by atoms with Gasteiger partial charge >= 0.3 is 0 Å². The molecule has 3 rings (SSSR count). The van der Waals surface area contributed by atoms with Gasteiger partial charge in [0.25, 0.3) is 0 Å². The van der Waals surface area contributed by atoms with Crippen molar-refractivity contribution in [3.63, 3.8) is 0 Å². The van der Waals surface area contributed by atoms with Gasteiger partial charge in [-0.15, -0.1) is 11.6 Å². The van der Waals surface area contributed by atoms with Gasteiger partial charge in [0.15, 0.2) is 0 Å². The number of benzene rings is 1. The van der Waals surface area contributed by atoms with Crippen LogP contribution in [0.1, 0.15) is 42.3 Å². The van der Waals surface area contributed by atoms with E-state index in [4.69, 9.17) is 16.6 Å². The van der Waals surface area contributed by atoms with Gasteiger partial charge in [-0.1, -0.05) is 31.2 Å². The Morgan fingerprint density at radius 2 is 1.48 bits per heavy atom. The van der Waals surface area contributed by atoms with Crippen molar-refractivity contribution in [2.45, 2.75) is 45.9 Å². The maximum absolute atomic E-state index is 6.23. The van der Waals surface area contributed by atoms with E-state index in [9.17, 15) is 0 Å². The van der Waals surface area contributed by atoms with Gasteiger partial charge in [0.1, 0.15) is 5.82 Å². The molecule has 25 heavy (non-hydrogen) atoms. The van der Waals surface area contributed by atoms with Gasteiger partial charge in [-0.25, -0.2) is 4.98 Å². The summed E-state index contributed by atoms with van der Waals surface area (Å²) in [5.74, 6) is 1.31. The lowest BCUT2D eigenvalue weighted by Gasteiger charge is -2.15. The summed E-state index contributed by atoms with van der Waals surface area (Å²) >= 11 is 6.23. The van der Waals surface area contributed by atoms with Crippen molar-refractivity contribution in [2.75, 3.05) is 0 Å². The minimum atomic E-state index is 0.120. The van der Waals surface area contributed by atoms with Gasteiger partial charge in [-0.3, -0.25) is 0 Å². The highest BCUT2D eigenvalue weighted by molar-refractivity contribution is 6.20. The summed E-state index contributed by atoms with van der Waals surface area (Å²) in [6.45, 7) is 10.5. The van der Waals surface area contributed by atoms with Crippen LogP contribution >= 0.6 is 11.6 Å². The molecule has 0 spiro atoms. The van der Waals surface area contributed by atoms with E-state index in [2.05, 4.69) is 80.8 Å². The average Bonchev–Trinajstić information content (AvgIpc) is 2.92. The summed E-state index contributed by atoms with van der Waals surface area (Å²) in [6, 6.07) is 17.1. The molecule has 0 saturated heterocycles. The molecule has 2 unspecified atom stereocenters. The Morgan fingerprint density at radius 1 is 0.880 bits per heavy atom. The van der Waals surface area contributed by atoms with Crippen LogP contribution < -0.4 is 0 Å². The van der Waals surface area contributed by atoms with E-state index in [0.717, 1.165) is 17.1 Å². The zero-order valence-corrected chi connectivity index (χ0v) is 16.3. The first-order valence-corrected chi connectivity index (χ1v) is 9.19. The second-order valence-electron chi connectivity index (χ2n) is 6.93. The second kappa shape index (κ2) is 7.05. The number of nitrogens with zero attached hydrogens (tertiary/aromatic N) is 2. The SMILES string of the molecule is Cc1cc(-c2ccc(C(C)C(C)Cl)cc2)nc(-n2c(C)ccc2C)c1. The Kier molecular flexibility index (Phi) is 5.01. The van der Waals surface area contributed by atoms with Crippen LogP contribution in [0.3, 0.4) is 0 Å². The van der Waals surface area contributed by atoms with Crippen molar-refractivity contribution in [1.29, 1.82) is 0 Å². The van der Waals surface area contributed by atoms with Crippen molar-refractivity contribution in [3.8, 4) is 17.1 Å². The Hall–Kier alpha value is -2.06. The molecule has 3 aromatic rings. The topological polar surface area (TPSA) is 17.8 Å². The van der Waals surface area contributed by atoms with E-state index in [1.165, 1.54) is 22.5 Å². The van der Waals surface area contributed by atoms with E-state index >= 15 is 0 Å². The van der Waals surface area contributed by atoms with Crippen LogP contribution in [0, 0.1) is 20.8 Å². The molecular formula is C22H25ClN2. The van der Waals surface area contributed by atoms with Crippen LogP contribution in [-0.2, 0) is 0 Å². The predicted molar refractivity (Wildman–Crippen MR) is 107 cm³/mol. The van der Waals surface area contributed by atoms with Gasteiger partial charge in [0.2, 0.25) is 0 Å². The van der Waals surface area contributed by atoms with Gasteiger partial charge in [-0.2, -0.15) is 0 Å². The van der Waals surface area contributed by atoms with Gasteiger partial charge in [-0.05, 0) is 69.0 Å². The van der Waals surface area contributed by atoms with Crippen molar-refractivity contribution in [3.05, 3.63) is 71.0 Å². The van der Waals surface area contributed by atoms with Crippen molar-refractivity contribution >= 4 is 11.6 Å². The van der Waals surface area contributed by atoms with Gasteiger partial charge < -0.3 is 4.57 Å². The van der Waals surface area contributed by atoms with Crippen LogP contribution in [0.25, 0.3) is 17.1 Å². The van der Waals surface area contributed by atoms with Crippen LogP contribution in [0.2, 0.25) is 0 Å². The van der Waals surface area contributed by atoms with E-state index in [0.29, 0.717) is 5.92 Å². The molecule has 0 saturated carbocycles. The molecule has 0 amide bonds. The minimum absolute atomic E-state index is 0.120. The van der Waals surface area contributed by atoms with Crippen LogP contribution in [0.4, 0.5) is 0 Å². The minimum Gasteiger partial charge on any atom is -0.303 e. The number of pyridine rings is 1. The zero-order valence-electron chi connectivity index (χ0n) is 15.5. The largest absolute Gasteiger partial charge is 0.303 e. The first-order chi connectivity index (χ1) is 11.9. The van der Waals surface area contributed by atoms with E-state index < -0.39 is 0 Å². The molecule has 0 aliphatic heterocycles. The van der Waals surface area contributed by atoms with E-state index in [-0.39, 0.29) is 5.38 Å². The molecular weight excluding hydrogens is 328 g/mol. The molecule has 2 atom stereocenters. The molecule has 0 bridgehead atoms. The zero-order chi connectivity index (χ0) is 18.1. The first-order valence-electron chi connectivity index (χ1n) is 8.75. The monoisotopic (exact) mass is 352 g/mol. The summed E-state index contributed by atoms with van der Waals surface area (Å²) in [5.41, 5.74) is 6.99. The molecule has 1 aromatic carbocycles. The van der Waals surface area contributed by atoms with Crippen LogP contribution in [0.15, 0.2) is 48.5 Å². The third-order valence-corrected chi connectivity index (χ3v) is 5.26. The smallest absolute Gasteiger partial charge is 0.137 e. The summed E-state index contributed by atoms with van der Waals surface area (Å²) in [6.07, 6.45) is 0. The molecule has 0 fully saturated rings. The number of halogens is 1. The summed E-state index contributed by atoms with van der Waals surface area (Å²) in [4.78, 5) is 4.91. The lowest BCUT2D eigenvalue weighted by Crippen LogP contribution is -2.05. The first kappa shape index (κ1) is 17.8. The third-order valence-electron chi connectivity index (χ3n) is 4.88. The molecule has 2 aromatic heterocycles. The fourth-order valence-electron chi connectivity index (χ4n) is 3.16. The number of hydrogen-bond donors (Lipinski definition) is 0. The molecule has 0 radical (unpaired) electrons. The summed E-state index contributed by atoms with van der Waals surface area (Å²) in [7, 11) is 0. The van der Waals surface area contributed by atoms with Gasteiger partial charge in [0.05, 0.1) is 5.69 Å². The number of rotatable bonds is 4.